The number of aryl methyl sites for hydroxylation is 1. The first-order valence-electron chi connectivity index (χ1n) is 3.39. The van der Waals surface area contributed by atoms with E-state index in [1.54, 1.807) is 6.92 Å². The number of nitrogens with zero attached hydrogens (tertiary/aromatic N) is 1. The van der Waals surface area contributed by atoms with E-state index in [2.05, 4.69) is 9.72 Å². The third-order valence-corrected chi connectivity index (χ3v) is 1.48. The van der Waals surface area contributed by atoms with Crippen molar-refractivity contribution < 1.29 is 14.6 Å². The number of aromatic nitrogens is 1. The van der Waals surface area contributed by atoms with Crippen molar-refractivity contribution in [1.82, 2.24) is 4.98 Å². The summed E-state index contributed by atoms with van der Waals surface area (Å²) in [6, 6.07) is 1.33. The second kappa shape index (κ2) is 3.21. The maximum Gasteiger partial charge on any atom is 0.339 e. The van der Waals surface area contributed by atoms with Gasteiger partial charge in [-0.1, -0.05) is 0 Å². The number of methoxy groups -OCH3 is 1. The van der Waals surface area contributed by atoms with E-state index in [-0.39, 0.29) is 11.3 Å². The molecule has 0 amide bonds. The third-order valence-electron chi connectivity index (χ3n) is 1.48. The molecule has 0 aliphatic rings. The topological polar surface area (TPSA) is 59.4 Å². The van der Waals surface area contributed by atoms with E-state index < -0.39 is 5.97 Å². The highest BCUT2D eigenvalue weighted by molar-refractivity contribution is 5.89. The lowest BCUT2D eigenvalue weighted by Gasteiger charge is -2.00. The van der Waals surface area contributed by atoms with Gasteiger partial charge in [-0.25, -0.2) is 4.79 Å². The molecule has 1 rings (SSSR count). The largest absolute Gasteiger partial charge is 0.506 e. The Morgan fingerprint density at radius 3 is 2.83 bits per heavy atom. The second-order valence-electron chi connectivity index (χ2n) is 2.32. The Morgan fingerprint density at radius 2 is 2.33 bits per heavy atom. The second-order valence-corrected chi connectivity index (χ2v) is 2.32. The minimum atomic E-state index is -0.502. The van der Waals surface area contributed by atoms with Gasteiger partial charge in [0.1, 0.15) is 5.75 Å². The molecule has 0 radical (unpaired) electrons. The van der Waals surface area contributed by atoms with Crippen LogP contribution in [0.15, 0.2) is 12.3 Å². The summed E-state index contributed by atoms with van der Waals surface area (Å²) in [5, 5.41) is 9.17. The molecule has 4 nitrogen and oxygen atoms in total. The fourth-order valence-corrected chi connectivity index (χ4v) is 0.751. The molecule has 1 aromatic heterocycles. The number of rotatable bonds is 1. The van der Waals surface area contributed by atoms with Crippen molar-refractivity contribution in [2.75, 3.05) is 7.11 Å². The minimum Gasteiger partial charge on any atom is -0.506 e. The number of hydrogen-bond donors (Lipinski definition) is 1. The van der Waals surface area contributed by atoms with Gasteiger partial charge in [-0.05, 0) is 13.0 Å². The molecule has 1 N–H and O–H groups in total. The first-order chi connectivity index (χ1) is 5.65. The van der Waals surface area contributed by atoms with E-state index in [0.29, 0.717) is 5.69 Å². The van der Waals surface area contributed by atoms with Crippen molar-refractivity contribution in [3.05, 3.63) is 23.5 Å². The number of ether oxygens (including phenoxy) is 1. The molecule has 0 saturated heterocycles. The van der Waals surface area contributed by atoms with Crippen molar-refractivity contribution >= 4 is 5.97 Å². The first kappa shape index (κ1) is 8.52. The first-order valence-corrected chi connectivity index (χ1v) is 3.39. The molecule has 0 aliphatic heterocycles. The summed E-state index contributed by atoms with van der Waals surface area (Å²) in [5.74, 6) is -0.504. The lowest BCUT2D eigenvalue weighted by atomic mass is 10.2. The summed E-state index contributed by atoms with van der Waals surface area (Å²) in [7, 11) is 1.28. The van der Waals surface area contributed by atoms with E-state index in [1.165, 1.54) is 19.4 Å². The third kappa shape index (κ3) is 1.53. The number of carbonyl (C=O) groups excluding carboxylic acids is 1. The molecule has 4 heteroatoms. The summed E-state index contributed by atoms with van der Waals surface area (Å²) >= 11 is 0. The zero-order valence-corrected chi connectivity index (χ0v) is 6.87. The molecular weight excluding hydrogens is 158 g/mol. The summed E-state index contributed by atoms with van der Waals surface area (Å²) in [6.07, 6.45) is 1.36. The molecular formula is C8H9NO3. The molecule has 64 valence electrons. The van der Waals surface area contributed by atoms with Gasteiger partial charge in [0.05, 0.1) is 18.4 Å². The van der Waals surface area contributed by atoms with Crippen LogP contribution in [0.4, 0.5) is 0 Å². The monoisotopic (exact) mass is 167 g/mol. The standard InChI is InChI=1S/C8H9NO3/c1-5-7(10)3-6(4-9-5)8(11)12-2/h3-4,10H,1-2H3. The number of hydrogen-bond acceptors (Lipinski definition) is 4. The molecule has 1 heterocycles. The highest BCUT2D eigenvalue weighted by atomic mass is 16.5. The van der Waals surface area contributed by atoms with Crippen molar-refractivity contribution in [2.45, 2.75) is 6.92 Å². The number of esters is 1. The van der Waals surface area contributed by atoms with E-state index in [9.17, 15) is 9.90 Å². The van der Waals surface area contributed by atoms with Crippen molar-refractivity contribution in [3.63, 3.8) is 0 Å². The Hall–Kier alpha value is -1.58. The van der Waals surface area contributed by atoms with Crippen molar-refractivity contribution in [2.24, 2.45) is 0 Å². The van der Waals surface area contributed by atoms with Crippen molar-refractivity contribution in [1.29, 1.82) is 0 Å². The van der Waals surface area contributed by atoms with Crippen LogP contribution in [0.5, 0.6) is 5.75 Å². The van der Waals surface area contributed by atoms with Crippen LogP contribution in [0.25, 0.3) is 0 Å². The Morgan fingerprint density at radius 1 is 1.67 bits per heavy atom. The Balaban J connectivity index is 3.05. The minimum absolute atomic E-state index is 0.00194. The Labute approximate surface area is 69.8 Å². The molecule has 1 aromatic rings. The average molecular weight is 167 g/mol. The van der Waals surface area contributed by atoms with Crippen LogP contribution in [-0.2, 0) is 4.74 Å². The fourth-order valence-electron chi connectivity index (χ4n) is 0.751. The SMILES string of the molecule is COC(=O)c1cnc(C)c(O)c1. The summed E-state index contributed by atoms with van der Waals surface area (Å²) in [6.45, 7) is 1.65. The maximum absolute atomic E-state index is 10.9. The maximum atomic E-state index is 10.9. The lowest BCUT2D eigenvalue weighted by Crippen LogP contribution is -2.01. The molecule has 0 aromatic carbocycles. The molecule has 0 aliphatic carbocycles. The fraction of sp³-hybridized carbons (Fsp3) is 0.250. The quantitative estimate of drug-likeness (QED) is 0.631. The van der Waals surface area contributed by atoms with Crippen LogP contribution in [0.2, 0.25) is 0 Å². The van der Waals surface area contributed by atoms with E-state index >= 15 is 0 Å². The summed E-state index contributed by atoms with van der Waals surface area (Å²) in [5.41, 5.74) is 0.739. The number of aromatic hydroxyl groups is 1. The van der Waals surface area contributed by atoms with Gasteiger partial charge in [-0.3, -0.25) is 4.98 Å². The zero-order valence-electron chi connectivity index (χ0n) is 6.87. The predicted molar refractivity (Wildman–Crippen MR) is 42.0 cm³/mol. The Kier molecular flexibility index (Phi) is 2.28. The molecule has 0 fully saturated rings. The normalized spacial score (nSPS) is 9.50. The van der Waals surface area contributed by atoms with Gasteiger partial charge in [0.25, 0.3) is 0 Å². The smallest absolute Gasteiger partial charge is 0.339 e. The average Bonchev–Trinajstić information content (AvgIpc) is 2.08. The highest BCUT2D eigenvalue weighted by Gasteiger charge is 2.07. The molecule has 0 spiro atoms. The van der Waals surface area contributed by atoms with Gasteiger partial charge in [-0.2, -0.15) is 0 Å². The van der Waals surface area contributed by atoms with Gasteiger partial charge < -0.3 is 9.84 Å². The molecule has 0 atom stereocenters. The highest BCUT2D eigenvalue weighted by Crippen LogP contribution is 2.14. The molecule has 12 heavy (non-hydrogen) atoms. The van der Waals surface area contributed by atoms with Gasteiger partial charge in [0, 0.05) is 6.20 Å². The molecule has 0 unspecified atom stereocenters. The van der Waals surface area contributed by atoms with E-state index in [4.69, 9.17) is 0 Å². The summed E-state index contributed by atoms with van der Waals surface area (Å²) < 4.78 is 4.44. The van der Waals surface area contributed by atoms with E-state index in [0.717, 1.165) is 0 Å². The predicted octanol–water partition coefficient (Wildman–Crippen LogP) is 0.882. The van der Waals surface area contributed by atoms with Crippen LogP contribution < -0.4 is 0 Å². The van der Waals surface area contributed by atoms with Crippen LogP contribution in [0.1, 0.15) is 16.1 Å². The van der Waals surface area contributed by atoms with Gasteiger partial charge in [0.2, 0.25) is 0 Å². The zero-order chi connectivity index (χ0) is 9.14. The lowest BCUT2D eigenvalue weighted by molar-refractivity contribution is 0.0599. The molecule has 0 bridgehead atoms. The van der Waals surface area contributed by atoms with Gasteiger partial charge in [0.15, 0.2) is 0 Å². The van der Waals surface area contributed by atoms with Gasteiger partial charge >= 0.3 is 5.97 Å². The van der Waals surface area contributed by atoms with E-state index in [1.807, 2.05) is 0 Å². The molecule has 0 saturated carbocycles. The van der Waals surface area contributed by atoms with Gasteiger partial charge in [-0.15, -0.1) is 0 Å². The van der Waals surface area contributed by atoms with Crippen LogP contribution in [0, 0.1) is 6.92 Å². The Bertz CT molecular complexity index is 309. The van der Waals surface area contributed by atoms with Crippen LogP contribution in [-0.4, -0.2) is 23.2 Å². The number of carbonyl (C=O) groups is 1. The summed E-state index contributed by atoms with van der Waals surface area (Å²) in [4.78, 5) is 14.7. The van der Waals surface area contributed by atoms with Crippen molar-refractivity contribution in [3.8, 4) is 5.75 Å². The number of pyridine rings is 1. The van der Waals surface area contributed by atoms with Crippen LogP contribution in [0.3, 0.4) is 0 Å². The van der Waals surface area contributed by atoms with Crippen LogP contribution >= 0.6 is 0 Å².